The summed E-state index contributed by atoms with van der Waals surface area (Å²) in [5.41, 5.74) is 0.0153. The summed E-state index contributed by atoms with van der Waals surface area (Å²) in [6.45, 7) is 3.04. The number of imide groups is 1. The topological polar surface area (TPSA) is 49.4 Å². The Kier molecular flexibility index (Phi) is 3.85. The van der Waals surface area contributed by atoms with Gasteiger partial charge in [0.1, 0.15) is 0 Å². The first-order chi connectivity index (χ1) is 9.60. The number of carbonyl (C=O) groups excluding carboxylic acids is 2. The molecule has 4 nitrogen and oxygen atoms in total. The van der Waals surface area contributed by atoms with Crippen LogP contribution in [0.4, 0.5) is 0 Å². The molecular weight excluding hydrogens is 252 g/mol. The van der Waals surface area contributed by atoms with Gasteiger partial charge in [-0.15, -0.1) is 0 Å². The number of hydrogen-bond acceptors (Lipinski definition) is 3. The van der Waals surface area contributed by atoms with Crippen LogP contribution in [0.5, 0.6) is 0 Å². The lowest BCUT2D eigenvalue weighted by Crippen LogP contribution is -2.56. The van der Waals surface area contributed by atoms with E-state index in [0.717, 1.165) is 32.2 Å². The molecule has 3 rings (SSSR count). The SMILES string of the molecule is CC1CC(N2C(=O)CC3(CCCCC3)CC2=O)CCN1. The van der Waals surface area contributed by atoms with Crippen LogP contribution in [0.3, 0.4) is 0 Å². The predicted molar refractivity (Wildman–Crippen MR) is 77.1 cm³/mol. The molecule has 2 unspecified atom stereocenters. The molecule has 0 aromatic carbocycles. The van der Waals surface area contributed by atoms with Crippen molar-refractivity contribution in [3.63, 3.8) is 0 Å². The van der Waals surface area contributed by atoms with Crippen molar-refractivity contribution < 1.29 is 9.59 Å². The predicted octanol–water partition coefficient (Wildman–Crippen LogP) is 2.23. The summed E-state index contributed by atoms with van der Waals surface area (Å²) in [6.07, 6.45) is 8.81. The third-order valence-electron chi connectivity index (χ3n) is 5.47. The molecule has 2 aliphatic heterocycles. The Balaban J connectivity index is 1.72. The van der Waals surface area contributed by atoms with Gasteiger partial charge in [0, 0.05) is 24.9 Å². The molecule has 1 spiro atoms. The molecule has 1 aliphatic carbocycles. The molecule has 1 N–H and O–H groups in total. The van der Waals surface area contributed by atoms with E-state index in [-0.39, 0.29) is 23.3 Å². The highest BCUT2D eigenvalue weighted by Crippen LogP contribution is 2.46. The van der Waals surface area contributed by atoms with Gasteiger partial charge >= 0.3 is 0 Å². The average molecular weight is 278 g/mol. The molecule has 1 saturated carbocycles. The lowest BCUT2D eigenvalue weighted by Gasteiger charge is -2.45. The van der Waals surface area contributed by atoms with Crippen LogP contribution in [0, 0.1) is 5.41 Å². The molecule has 2 amide bonds. The zero-order chi connectivity index (χ0) is 14.2. The largest absolute Gasteiger partial charge is 0.314 e. The monoisotopic (exact) mass is 278 g/mol. The smallest absolute Gasteiger partial charge is 0.229 e. The lowest BCUT2D eigenvalue weighted by atomic mass is 9.67. The molecular formula is C16H26N2O2. The number of nitrogens with one attached hydrogen (secondary N) is 1. The fraction of sp³-hybridized carbons (Fsp3) is 0.875. The Bertz CT molecular complexity index is 381. The molecule has 2 heterocycles. The Hall–Kier alpha value is -0.900. The van der Waals surface area contributed by atoms with E-state index in [1.165, 1.54) is 19.3 Å². The highest BCUT2D eigenvalue weighted by molar-refractivity contribution is 5.99. The zero-order valence-electron chi connectivity index (χ0n) is 12.5. The second-order valence-electron chi connectivity index (χ2n) is 7.11. The van der Waals surface area contributed by atoms with Crippen LogP contribution in [-0.4, -0.2) is 35.3 Å². The van der Waals surface area contributed by atoms with Crippen molar-refractivity contribution in [1.29, 1.82) is 0 Å². The number of likely N-dealkylation sites (tertiary alicyclic amines) is 1. The van der Waals surface area contributed by atoms with Crippen molar-refractivity contribution in [3.05, 3.63) is 0 Å². The van der Waals surface area contributed by atoms with Gasteiger partial charge in [0.15, 0.2) is 0 Å². The Morgan fingerprint density at radius 3 is 2.35 bits per heavy atom. The van der Waals surface area contributed by atoms with Crippen molar-refractivity contribution in [2.45, 2.75) is 76.8 Å². The fourth-order valence-corrected chi connectivity index (χ4v) is 4.42. The normalized spacial score (nSPS) is 34.5. The minimum Gasteiger partial charge on any atom is -0.314 e. The Labute approximate surface area is 121 Å². The Morgan fingerprint density at radius 2 is 1.75 bits per heavy atom. The van der Waals surface area contributed by atoms with Gasteiger partial charge in [-0.25, -0.2) is 0 Å². The van der Waals surface area contributed by atoms with Gasteiger partial charge in [-0.2, -0.15) is 0 Å². The third-order valence-corrected chi connectivity index (χ3v) is 5.47. The first-order valence-corrected chi connectivity index (χ1v) is 8.18. The summed E-state index contributed by atoms with van der Waals surface area (Å²) < 4.78 is 0. The van der Waals surface area contributed by atoms with E-state index in [1.807, 2.05) is 0 Å². The van der Waals surface area contributed by atoms with Crippen LogP contribution in [0.15, 0.2) is 0 Å². The second kappa shape index (κ2) is 5.47. The standard InChI is InChI=1S/C16H26N2O2/c1-12-9-13(5-8-17-12)18-14(19)10-16(11-15(18)20)6-3-2-4-7-16/h12-13,17H,2-11H2,1H3. The van der Waals surface area contributed by atoms with E-state index in [2.05, 4.69) is 12.2 Å². The van der Waals surface area contributed by atoms with E-state index in [1.54, 1.807) is 4.90 Å². The lowest BCUT2D eigenvalue weighted by molar-refractivity contribution is -0.158. The molecule has 2 atom stereocenters. The molecule has 3 fully saturated rings. The number of amides is 2. The highest BCUT2D eigenvalue weighted by Gasteiger charge is 2.46. The van der Waals surface area contributed by atoms with Gasteiger partial charge in [-0.1, -0.05) is 19.3 Å². The van der Waals surface area contributed by atoms with Crippen LogP contribution in [-0.2, 0) is 9.59 Å². The quantitative estimate of drug-likeness (QED) is 0.748. The summed E-state index contributed by atoms with van der Waals surface area (Å²) in [5.74, 6) is 0.199. The van der Waals surface area contributed by atoms with Crippen molar-refractivity contribution in [2.75, 3.05) is 6.54 Å². The van der Waals surface area contributed by atoms with Crippen LogP contribution >= 0.6 is 0 Å². The summed E-state index contributed by atoms with van der Waals surface area (Å²) in [7, 11) is 0. The first kappa shape index (κ1) is 14.1. The van der Waals surface area contributed by atoms with Gasteiger partial charge < -0.3 is 5.32 Å². The number of hydrogen-bond donors (Lipinski definition) is 1. The van der Waals surface area contributed by atoms with Crippen molar-refractivity contribution in [1.82, 2.24) is 10.2 Å². The summed E-state index contributed by atoms with van der Waals surface area (Å²) in [4.78, 5) is 26.8. The van der Waals surface area contributed by atoms with Gasteiger partial charge in [0.05, 0.1) is 0 Å². The maximum Gasteiger partial charge on any atom is 0.229 e. The Morgan fingerprint density at radius 1 is 1.10 bits per heavy atom. The molecule has 4 heteroatoms. The minimum atomic E-state index is 0.0153. The number of piperidine rings is 2. The first-order valence-electron chi connectivity index (χ1n) is 8.18. The van der Waals surface area contributed by atoms with E-state index in [9.17, 15) is 9.59 Å². The maximum atomic E-state index is 12.6. The molecule has 0 aromatic rings. The van der Waals surface area contributed by atoms with Gasteiger partial charge in [-0.3, -0.25) is 14.5 Å². The van der Waals surface area contributed by atoms with Crippen molar-refractivity contribution in [2.24, 2.45) is 5.41 Å². The van der Waals surface area contributed by atoms with Gasteiger partial charge in [0.25, 0.3) is 0 Å². The highest BCUT2D eigenvalue weighted by atomic mass is 16.2. The maximum absolute atomic E-state index is 12.6. The molecule has 0 aromatic heterocycles. The molecule has 3 aliphatic rings. The second-order valence-corrected chi connectivity index (χ2v) is 7.11. The van der Waals surface area contributed by atoms with E-state index in [4.69, 9.17) is 0 Å². The summed E-state index contributed by atoms with van der Waals surface area (Å²) in [5, 5.41) is 3.39. The zero-order valence-corrected chi connectivity index (χ0v) is 12.5. The van der Waals surface area contributed by atoms with Crippen LogP contribution < -0.4 is 5.32 Å². The molecule has 2 saturated heterocycles. The fourth-order valence-electron chi connectivity index (χ4n) is 4.42. The van der Waals surface area contributed by atoms with Crippen LogP contribution in [0.25, 0.3) is 0 Å². The van der Waals surface area contributed by atoms with Crippen LogP contribution in [0.1, 0.15) is 64.7 Å². The molecule has 20 heavy (non-hydrogen) atoms. The van der Waals surface area contributed by atoms with E-state index in [0.29, 0.717) is 18.9 Å². The average Bonchev–Trinajstić information content (AvgIpc) is 2.38. The number of nitrogens with zero attached hydrogens (tertiary/aromatic N) is 1. The van der Waals surface area contributed by atoms with Gasteiger partial charge in [-0.05, 0) is 44.6 Å². The third kappa shape index (κ3) is 2.62. The van der Waals surface area contributed by atoms with Crippen LogP contribution in [0.2, 0.25) is 0 Å². The minimum absolute atomic E-state index is 0.0153. The van der Waals surface area contributed by atoms with E-state index < -0.39 is 0 Å². The van der Waals surface area contributed by atoms with Crippen molar-refractivity contribution >= 4 is 11.8 Å². The van der Waals surface area contributed by atoms with Gasteiger partial charge in [0.2, 0.25) is 11.8 Å². The molecule has 0 radical (unpaired) electrons. The van der Waals surface area contributed by atoms with Crippen molar-refractivity contribution in [3.8, 4) is 0 Å². The number of carbonyl (C=O) groups is 2. The summed E-state index contributed by atoms with van der Waals surface area (Å²) in [6, 6.07) is 0.534. The van der Waals surface area contributed by atoms with E-state index >= 15 is 0 Å². The molecule has 0 bridgehead atoms. The summed E-state index contributed by atoms with van der Waals surface area (Å²) >= 11 is 0. The number of rotatable bonds is 1. The molecule has 112 valence electrons.